The normalized spacial score (nSPS) is 12.5. The number of rotatable bonds is 9. The molecule has 0 N–H and O–H groups in total. The van der Waals surface area contributed by atoms with Crippen LogP contribution < -0.4 is 4.90 Å². The minimum atomic E-state index is -0.460. The topological polar surface area (TPSA) is 3.24 Å². The van der Waals surface area contributed by atoms with Crippen molar-refractivity contribution in [3.05, 3.63) is 307 Å². The van der Waals surface area contributed by atoms with Gasteiger partial charge in [-0.3, -0.25) is 0 Å². The molecule has 0 atom stereocenters. The van der Waals surface area contributed by atoms with Gasteiger partial charge in [0.1, 0.15) is 0 Å². The Kier molecular flexibility index (Phi) is 10.3. The van der Waals surface area contributed by atoms with Crippen molar-refractivity contribution in [1.29, 1.82) is 0 Å². The summed E-state index contributed by atoms with van der Waals surface area (Å²) >= 11 is 1.86. The summed E-state index contributed by atoms with van der Waals surface area (Å²) in [6.07, 6.45) is 0. The number of anilines is 3. The molecule has 342 valence electrons. The van der Waals surface area contributed by atoms with Crippen LogP contribution in [0.5, 0.6) is 0 Å². The summed E-state index contributed by atoms with van der Waals surface area (Å²) in [4.78, 5) is 2.39. The van der Waals surface area contributed by atoms with Crippen LogP contribution in [-0.2, 0) is 5.41 Å². The standard InChI is InChI=1S/C71H47NS/c1-3-20-55(21-4-1)71(56-22-5-2-6-23-56)66-29-11-9-25-63(66)64-45-38-53(47-67(64)71)49-34-41-58(42-35-49)72(59-43-36-51(37-44-59)62-28-15-31-69-70(62)65-26-10-12-30-68(65)73-69)57-39-32-48(33-40-57)52-18-13-19-54(46-52)61-27-14-17-50-16-7-8-24-60(50)61/h1-47H. The maximum Gasteiger partial charge on any atom is 0.0713 e. The third kappa shape index (κ3) is 7.13. The highest BCUT2D eigenvalue weighted by Crippen LogP contribution is 2.57. The Morgan fingerprint density at radius 2 is 0.753 bits per heavy atom. The molecular formula is C71H47NS. The molecule has 0 bridgehead atoms. The molecule has 0 saturated carbocycles. The molecule has 0 amide bonds. The van der Waals surface area contributed by atoms with Crippen LogP contribution in [0.25, 0.3) is 86.6 Å². The van der Waals surface area contributed by atoms with Crippen molar-refractivity contribution in [2.45, 2.75) is 5.41 Å². The molecule has 13 aromatic rings. The van der Waals surface area contributed by atoms with E-state index in [-0.39, 0.29) is 0 Å². The molecule has 0 spiro atoms. The van der Waals surface area contributed by atoms with Gasteiger partial charge in [-0.15, -0.1) is 11.3 Å². The van der Waals surface area contributed by atoms with E-state index < -0.39 is 5.41 Å². The second kappa shape index (κ2) is 17.6. The summed E-state index contributed by atoms with van der Waals surface area (Å²) in [5.41, 5.74) is 20.2. The van der Waals surface area contributed by atoms with E-state index in [2.05, 4.69) is 290 Å². The number of hydrogen-bond donors (Lipinski definition) is 0. The van der Waals surface area contributed by atoms with E-state index in [1.165, 1.54) is 109 Å². The van der Waals surface area contributed by atoms with Gasteiger partial charge >= 0.3 is 0 Å². The first-order chi connectivity index (χ1) is 36.2. The summed E-state index contributed by atoms with van der Waals surface area (Å²) in [6.45, 7) is 0. The number of nitrogens with zero attached hydrogens (tertiary/aromatic N) is 1. The number of hydrogen-bond acceptors (Lipinski definition) is 2. The third-order valence-electron chi connectivity index (χ3n) is 15.2. The zero-order chi connectivity index (χ0) is 48.3. The van der Waals surface area contributed by atoms with Crippen molar-refractivity contribution in [3.8, 4) is 55.6 Å². The molecular weight excluding hydrogens is 899 g/mol. The van der Waals surface area contributed by atoms with Gasteiger partial charge in [-0.1, -0.05) is 224 Å². The van der Waals surface area contributed by atoms with E-state index in [1.54, 1.807) is 0 Å². The molecule has 14 rings (SSSR count). The maximum atomic E-state index is 2.45. The highest BCUT2D eigenvalue weighted by molar-refractivity contribution is 7.25. The average Bonchev–Trinajstić information content (AvgIpc) is 4.00. The molecule has 1 aliphatic rings. The Bertz CT molecular complexity index is 4130. The van der Waals surface area contributed by atoms with Crippen molar-refractivity contribution < 1.29 is 0 Å². The first-order valence-corrected chi connectivity index (χ1v) is 26.0. The van der Waals surface area contributed by atoms with Gasteiger partial charge in [0.05, 0.1) is 5.41 Å². The maximum absolute atomic E-state index is 2.45. The van der Waals surface area contributed by atoms with Gasteiger partial charge < -0.3 is 4.90 Å². The Morgan fingerprint density at radius 3 is 1.47 bits per heavy atom. The Hall–Kier alpha value is -9.08. The van der Waals surface area contributed by atoms with Crippen LogP contribution in [0.4, 0.5) is 17.1 Å². The highest BCUT2D eigenvalue weighted by Gasteiger charge is 2.46. The Labute approximate surface area is 430 Å². The predicted octanol–water partition coefficient (Wildman–Crippen LogP) is 19.7. The number of benzene rings is 12. The second-order valence-corrected chi connectivity index (χ2v) is 20.2. The first-order valence-electron chi connectivity index (χ1n) is 25.1. The molecule has 1 aromatic heterocycles. The van der Waals surface area contributed by atoms with E-state index >= 15 is 0 Å². The lowest BCUT2D eigenvalue weighted by molar-refractivity contribution is 0.769. The third-order valence-corrected chi connectivity index (χ3v) is 16.3. The highest BCUT2D eigenvalue weighted by atomic mass is 32.1. The lowest BCUT2D eigenvalue weighted by Crippen LogP contribution is -2.28. The Balaban J connectivity index is 0.861. The first kappa shape index (κ1) is 42.8. The summed E-state index contributed by atoms with van der Waals surface area (Å²) < 4.78 is 2.63. The molecule has 12 aromatic carbocycles. The van der Waals surface area contributed by atoms with Gasteiger partial charge in [-0.05, 0) is 149 Å². The zero-order valence-electron chi connectivity index (χ0n) is 40.0. The fourth-order valence-corrected chi connectivity index (χ4v) is 13.0. The van der Waals surface area contributed by atoms with Gasteiger partial charge in [-0.2, -0.15) is 0 Å². The van der Waals surface area contributed by atoms with Crippen molar-refractivity contribution in [1.82, 2.24) is 0 Å². The van der Waals surface area contributed by atoms with Crippen LogP contribution in [0.15, 0.2) is 285 Å². The number of thiophene rings is 1. The van der Waals surface area contributed by atoms with E-state index in [0.717, 1.165) is 17.1 Å². The minimum absolute atomic E-state index is 0.460. The molecule has 1 nitrogen and oxygen atoms in total. The van der Waals surface area contributed by atoms with Crippen LogP contribution in [0.2, 0.25) is 0 Å². The molecule has 1 heterocycles. The van der Waals surface area contributed by atoms with Gasteiger partial charge in [0.25, 0.3) is 0 Å². The molecule has 0 unspecified atom stereocenters. The lowest BCUT2D eigenvalue weighted by atomic mass is 9.67. The van der Waals surface area contributed by atoms with Gasteiger partial charge in [0.15, 0.2) is 0 Å². The predicted molar refractivity (Wildman–Crippen MR) is 311 cm³/mol. The van der Waals surface area contributed by atoms with Crippen LogP contribution in [0.1, 0.15) is 22.3 Å². The van der Waals surface area contributed by atoms with Crippen LogP contribution in [0.3, 0.4) is 0 Å². The summed E-state index contributed by atoms with van der Waals surface area (Å²) in [5, 5.41) is 5.15. The fraction of sp³-hybridized carbons (Fsp3) is 0.0141. The van der Waals surface area contributed by atoms with Gasteiger partial charge in [0, 0.05) is 37.2 Å². The minimum Gasteiger partial charge on any atom is -0.311 e. The molecule has 0 saturated heterocycles. The van der Waals surface area contributed by atoms with Gasteiger partial charge in [0.2, 0.25) is 0 Å². The van der Waals surface area contributed by atoms with Crippen molar-refractivity contribution in [2.75, 3.05) is 4.90 Å². The molecule has 73 heavy (non-hydrogen) atoms. The Morgan fingerprint density at radius 1 is 0.274 bits per heavy atom. The lowest BCUT2D eigenvalue weighted by Gasteiger charge is -2.34. The quantitative estimate of drug-likeness (QED) is 0.139. The average molecular weight is 946 g/mol. The monoisotopic (exact) mass is 945 g/mol. The van der Waals surface area contributed by atoms with E-state index in [0.29, 0.717) is 0 Å². The van der Waals surface area contributed by atoms with Crippen LogP contribution >= 0.6 is 11.3 Å². The van der Waals surface area contributed by atoms with Crippen LogP contribution in [0, 0.1) is 0 Å². The second-order valence-electron chi connectivity index (χ2n) is 19.1. The van der Waals surface area contributed by atoms with E-state index in [9.17, 15) is 0 Å². The SMILES string of the molecule is c1ccc(C2(c3ccccc3)c3ccccc3-c3ccc(-c4ccc(N(c5ccc(-c6cccc(-c7cccc8ccccc78)c6)cc5)c5ccc(-c6cccc7sc8ccccc8c67)cc5)cc4)cc32)cc1. The van der Waals surface area contributed by atoms with Crippen molar-refractivity contribution >= 4 is 59.3 Å². The fourth-order valence-electron chi connectivity index (χ4n) is 11.8. The molecule has 0 aliphatic heterocycles. The largest absolute Gasteiger partial charge is 0.311 e. The van der Waals surface area contributed by atoms with E-state index in [4.69, 9.17) is 0 Å². The van der Waals surface area contributed by atoms with Crippen molar-refractivity contribution in [2.24, 2.45) is 0 Å². The zero-order valence-corrected chi connectivity index (χ0v) is 40.8. The summed E-state index contributed by atoms with van der Waals surface area (Å²) in [7, 11) is 0. The van der Waals surface area contributed by atoms with Crippen molar-refractivity contribution in [3.63, 3.8) is 0 Å². The summed E-state index contributed by atoms with van der Waals surface area (Å²) in [6, 6.07) is 105. The smallest absolute Gasteiger partial charge is 0.0713 e. The molecule has 0 radical (unpaired) electrons. The summed E-state index contributed by atoms with van der Waals surface area (Å²) in [5.74, 6) is 0. The van der Waals surface area contributed by atoms with E-state index in [1.807, 2.05) is 11.3 Å². The molecule has 2 heteroatoms. The number of fused-ring (bicyclic) bond motifs is 7. The van der Waals surface area contributed by atoms with Gasteiger partial charge in [-0.25, -0.2) is 0 Å². The molecule has 0 fully saturated rings. The molecule has 1 aliphatic carbocycles. The van der Waals surface area contributed by atoms with Crippen LogP contribution in [-0.4, -0.2) is 0 Å².